The number of hydrogen-bond donors (Lipinski definition) is 1. The van der Waals surface area contributed by atoms with Crippen molar-refractivity contribution in [1.29, 1.82) is 0 Å². The molecule has 3 rings (SSSR count). The van der Waals surface area contributed by atoms with Crippen molar-refractivity contribution in [3.8, 4) is 11.4 Å². The lowest BCUT2D eigenvalue weighted by Crippen LogP contribution is -2.25. The van der Waals surface area contributed by atoms with Gasteiger partial charge in [0.15, 0.2) is 0 Å². The van der Waals surface area contributed by atoms with E-state index < -0.39 is 0 Å². The molecule has 1 aromatic carbocycles. The molecule has 2 heterocycles. The number of nitrogens with zero attached hydrogens (tertiary/aromatic N) is 5. The Balaban J connectivity index is 1.38. The summed E-state index contributed by atoms with van der Waals surface area (Å²) in [6.45, 7) is 1.32. The Morgan fingerprint density at radius 2 is 2.12 bits per heavy atom. The second-order valence-electron chi connectivity index (χ2n) is 5.25. The second-order valence-corrected chi connectivity index (χ2v) is 5.25. The van der Waals surface area contributed by atoms with Gasteiger partial charge >= 0.3 is 0 Å². The van der Waals surface area contributed by atoms with E-state index in [1.165, 1.54) is 0 Å². The van der Waals surface area contributed by atoms with Gasteiger partial charge in [0.2, 0.25) is 17.6 Å². The maximum absolute atomic E-state index is 11.8. The molecular weight excluding hydrogens is 308 g/mol. The van der Waals surface area contributed by atoms with E-state index >= 15 is 0 Å². The summed E-state index contributed by atoms with van der Waals surface area (Å²) in [4.78, 5) is 16.1. The van der Waals surface area contributed by atoms with Crippen molar-refractivity contribution >= 4 is 5.91 Å². The standard InChI is InChI=1S/C16H18N6O2/c23-14(17-9-4-11-22-12-10-18-21-22)7-8-15-19-16(20-24-15)13-5-2-1-3-6-13/h1-3,5-6,10,12H,4,7-9,11H2,(H,17,23). The SMILES string of the molecule is O=C(CCc1nc(-c2ccccc2)no1)NCCCn1ccnn1. The van der Waals surface area contributed by atoms with Gasteiger partial charge in [-0.2, -0.15) is 4.98 Å². The van der Waals surface area contributed by atoms with E-state index in [2.05, 4.69) is 25.8 Å². The molecule has 0 saturated heterocycles. The van der Waals surface area contributed by atoms with Gasteiger partial charge in [-0.05, 0) is 6.42 Å². The van der Waals surface area contributed by atoms with Gasteiger partial charge in [-0.1, -0.05) is 40.7 Å². The van der Waals surface area contributed by atoms with Gasteiger partial charge in [0.1, 0.15) is 0 Å². The van der Waals surface area contributed by atoms with Crippen LogP contribution in [-0.4, -0.2) is 37.6 Å². The highest BCUT2D eigenvalue weighted by atomic mass is 16.5. The first-order valence-electron chi connectivity index (χ1n) is 7.80. The van der Waals surface area contributed by atoms with Crippen molar-refractivity contribution < 1.29 is 9.32 Å². The van der Waals surface area contributed by atoms with E-state index in [1.54, 1.807) is 17.1 Å². The molecule has 0 fully saturated rings. The molecule has 0 aliphatic heterocycles. The zero-order chi connectivity index (χ0) is 16.6. The van der Waals surface area contributed by atoms with Crippen molar-refractivity contribution in [2.45, 2.75) is 25.8 Å². The molecule has 8 nitrogen and oxygen atoms in total. The molecule has 2 aromatic heterocycles. The molecule has 0 unspecified atom stereocenters. The van der Waals surface area contributed by atoms with Crippen LogP contribution in [0.15, 0.2) is 47.2 Å². The van der Waals surface area contributed by atoms with Crippen LogP contribution in [0.25, 0.3) is 11.4 Å². The summed E-state index contributed by atoms with van der Waals surface area (Å²) in [6.07, 6.45) is 4.97. The Labute approximate surface area is 138 Å². The lowest BCUT2D eigenvalue weighted by molar-refractivity contribution is -0.121. The molecular formula is C16H18N6O2. The van der Waals surface area contributed by atoms with Crippen LogP contribution in [0.2, 0.25) is 0 Å². The van der Waals surface area contributed by atoms with Crippen molar-refractivity contribution in [1.82, 2.24) is 30.5 Å². The fourth-order valence-corrected chi connectivity index (χ4v) is 2.19. The average molecular weight is 326 g/mol. The zero-order valence-corrected chi connectivity index (χ0v) is 13.1. The summed E-state index contributed by atoms with van der Waals surface area (Å²) < 4.78 is 6.92. The van der Waals surface area contributed by atoms with Crippen LogP contribution in [0.3, 0.4) is 0 Å². The Kier molecular flexibility index (Phi) is 5.28. The lowest BCUT2D eigenvalue weighted by atomic mass is 10.2. The normalized spacial score (nSPS) is 10.7. The molecule has 0 aliphatic carbocycles. The molecule has 0 aliphatic rings. The Bertz CT molecular complexity index is 754. The summed E-state index contributed by atoms with van der Waals surface area (Å²) in [5.41, 5.74) is 0.894. The Morgan fingerprint density at radius 1 is 1.25 bits per heavy atom. The van der Waals surface area contributed by atoms with Crippen LogP contribution in [0.4, 0.5) is 0 Å². The first-order chi connectivity index (χ1) is 11.8. The van der Waals surface area contributed by atoms with E-state index in [4.69, 9.17) is 4.52 Å². The van der Waals surface area contributed by atoms with E-state index in [-0.39, 0.29) is 5.91 Å². The number of aromatic nitrogens is 5. The van der Waals surface area contributed by atoms with Crippen LogP contribution in [0, 0.1) is 0 Å². The van der Waals surface area contributed by atoms with Gasteiger partial charge in [0.05, 0.1) is 6.20 Å². The summed E-state index contributed by atoms with van der Waals surface area (Å²) in [6, 6.07) is 9.58. The van der Waals surface area contributed by atoms with Crippen LogP contribution < -0.4 is 5.32 Å². The number of aryl methyl sites for hydroxylation is 2. The van der Waals surface area contributed by atoms with Gasteiger partial charge < -0.3 is 9.84 Å². The topological polar surface area (TPSA) is 98.7 Å². The van der Waals surface area contributed by atoms with Crippen LogP contribution in [0.5, 0.6) is 0 Å². The van der Waals surface area contributed by atoms with Gasteiger partial charge in [-0.3, -0.25) is 9.48 Å². The highest BCUT2D eigenvalue weighted by Gasteiger charge is 2.10. The minimum absolute atomic E-state index is 0.0342. The van der Waals surface area contributed by atoms with Gasteiger partial charge in [0.25, 0.3) is 0 Å². The Hall–Kier alpha value is -3.03. The minimum Gasteiger partial charge on any atom is -0.356 e. The quantitative estimate of drug-likeness (QED) is 0.629. The number of rotatable bonds is 8. The summed E-state index contributed by atoms with van der Waals surface area (Å²) >= 11 is 0. The molecule has 0 spiro atoms. The first kappa shape index (κ1) is 15.9. The van der Waals surface area contributed by atoms with E-state index in [9.17, 15) is 4.79 Å². The molecule has 0 atom stereocenters. The molecule has 0 radical (unpaired) electrons. The maximum atomic E-state index is 11.8. The summed E-state index contributed by atoms with van der Waals surface area (Å²) in [7, 11) is 0. The largest absolute Gasteiger partial charge is 0.356 e. The van der Waals surface area contributed by atoms with Crippen LogP contribution in [0.1, 0.15) is 18.7 Å². The second kappa shape index (κ2) is 8.00. The molecule has 1 amide bonds. The van der Waals surface area contributed by atoms with Crippen LogP contribution >= 0.6 is 0 Å². The maximum Gasteiger partial charge on any atom is 0.227 e. The van der Waals surface area contributed by atoms with Gasteiger partial charge in [0, 0.05) is 37.7 Å². The molecule has 1 N–H and O–H groups in total. The van der Waals surface area contributed by atoms with Crippen LogP contribution in [-0.2, 0) is 17.8 Å². The number of nitrogens with one attached hydrogen (secondary N) is 1. The number of carbonyl (C=O) groups is 1. The first-order valence-corrected chi connectivity index (χ1v) is 7.80. The zero-order valence-electron chi connectivity index (χ0n) is 13.1. The highest BCUT2D eigenvalue weighted by Crippen LogP contribution is 2.15. The highest BCUT2D eigenvalue weighted by molar-refractivity contribution is 5.75. The number of benzene rings is 1. The fraction of sp³-hybridized carbons (Fsp3) is 0.312. The van der Waals surface area contributed by atoms with Gasteiger partial charge in [-0.25, -0.2) is 0 Å². The smallest absolute Gasteiger partial charge is 0.227 e. The van der Waals surface area contributed by atoms with E-state index in [0.29, 0.717) is 31.1 Å². The predicted molar refractivity (Wildman–Crippen MR) is 85.7 cm³/mol. The molecule has 8 heteroatoms. The molecule has 0 bridgehead atoms. The summed E-state index contributed by atoms with van der Waals surface area (Å²) in [5.74, 6) is 0.971. The Morgan fingerprint density at radius 3 is 2.92 bits per heavy atom. The molecule has 24 heavy (non-hydrogen) atoms. The third-order valence-corrected chi connectivity index (χ3v) is 3.42. The molecule has 124 valence electrons. The molecule has 3 aromatic rings. The third kappa shape index (κ3) is 4.48. The lowest BCUT2D eigenvalue weighted by Gasteiger charge is -2.03. The van der Waals surface area contributed by atoms with Crippen molar-refractivity contribution in [2.75, 3.05) is 6.54 Å². The van der Waals surface area contributed by atoms with E-state index in [1.807, 2.05) is 30.3 Å². The fourth-order valence-electron chi connectivity index (χ4n) is 2.19. The average Bonchev–Trinajstić information content (AvgIpc) is 3.29. The van der Waals surface area contributed by atoms with Crippen molar-refractivity contribution in [3.63, 3.8) is 0 Å². The van der Waals surface area contributed by atoms with Crippen molar-refractivity contribution in [2.24, 2.45) is 0 Å². The predicted octanol–water partition coefficient (Wildman–Crippen LogP) is 1.47. The number of carbonyl (C=O) groups excluding carboxylic acids is 1. The van der Waals surface area contributed by atoms with E-state index in [0.717, 1.165) is 18.5 Å². The molecule has 0 saturated carbocycles. The number of hydrogen-bond acceptors (Lipinski definition) is 6. The monoisotopic (exact) mass is 326 g/mol. The minimum atomic E-state index is -0.0342. The third-order valence-electron chi connectivity index (χ3n) is 3.42. The van der Waals surface area contributed by atoms with Crippen molar-refractivity contribution in [3.05, 3.63) is 48.6 Å². The number of amides is 1. The van der Waals surface area contributed by atoms with Gasteiger partial charge in [-0.15, -0.1) is 5.10 Å². The summed E-state index contributed by atoms with van der Waals surface area (Å²) in [5, 5.41) is 14.4.